The Kier molecular flexibility index (Phi) is 7.17. The standard InChI is InChI=1S/C24H23FN6O2S/c1-15-11-16(2)13-19(12-15)27-22(32)14-34-23-8-7-20-28-29-21(31(20)30-23)9-10-26-24(33)17-3-5-18(25)6-4-17/h3-8,11-13H,9-10,14H2,1-2H3,(H,26,33)(H,27,32). The van der Waals surface area contributed by atoms with Crippen LogP contribution in [0.15, 0.2) is 59.6 Å². The van der Waals surface area contributed by atoms with Gasteiger partial charge < -0.3 is 10.6 Å². The van der Waals surface area contributed by atoms with E-state index in [0.717, 1.165) is 16.8 Å². The summed E-state index contributed by atoms with van der Waals surface area (Å²) < 4.78 is 14.6. The molecule has 0 saturated heterocycles. The van der Waals surface area contributed by atoms with Crippen molar-refractivity contribution in [1.82, 2.24) is 25.1 Å². The van der Waals surface area contributed by atoms with E-state index in [1.54, 1.807) is 16.6 Å². The molecule has 4 rings (SSSR count). The van der Waals surface area contributed by atoms with Crippen LogP contribution in [0.25, 0.3) is 5.65 Å². The Hall–Kier alpha value is -3.79. The van der Waals surface area contributed by atoms with Gasteiger partial charge >= 0.3 is 0 Å². The predicted octanol–water partition coefficient (Wildman–Crippen LogP) is 3.58. The van der Waals surface area contributed by atoms with E-state index in [0.29, 0.717) is 35.0 Å². The monoisotopic (exact) mass is 478 g/mol. The molecule has 174 valence electrons. The van der Waals surface area contributed by atoms with Crippen molar-refractivity contribution in [3.8, 4) is 0 Å². The molecule has 0 spiro atoms. The number of amides is 2. The van der Waals surface area contributed by atoms with E-state index in [9.17, 15) is 14.0 Å². The summed E-state index contributed by atoms with van der Waals surface area (Å²) in [5.41, 5.74) is 3.90. The number of nitrogens with zero attached hydrogens (tertiary/aromatic N) is 4. The summed E-state index contributed by atoms with van der Waals surface area (Å²) in [6.07, 6.45) is 0.405. The van der Waals surface area contributed by atoms with Crippen molar-refractivity contribution in [3.63, 3.8) is 0 Å². The molecule has 0 atom stereocenters. The van der Waals surface area contributed by atoms with Crippen molar-refractivity contribution >= 4 is 34.9 Å². The van der Waals surface area contributed by atoms with Gasteiger partial charge in [-0.05, 0) is 73.5 Å². The Morgan fingerprint density at radius 3 is 2.47 bits per heavy atom. The van der Waals surface area contributed by atoms with E-state index in [-0.39, 0.29) is 17.6 Å². The lowest BCUT2D eigenvalue weighted by Gasteiger charge is -2.08. The van der Waals surface area contributed by atoms with Crippen LogP contribution in [0.3, 0.4) is 0 Å². The summed E-state index contributed by atoms with van der Waals surface area (Å²) in [5.74, 6) is -0.0285. The van der Waals surface area contributed by atoms with Gasteiger partial charge in [0.15, 0.2) is 11.5 Å². The number of fused-ring (bicyclic) bond motifs is 1. The van der Waals surface area contributed by atoms with Crippen molar-refractivity contribution in [2.75, 3.05) is 17.6 Å². The number of aromatic nitrogens is 4. The fourth-order valence-corrected chi connectivity index (χ4v) is 4.08. The quantitative estimate of drug-likeness (QED) is 0.376. The highest BCUT2D eigenvalue weighted by Gasteiger charge is 2.11. The Morgan fingerprint density at radius 2 is 1.74 bits per heavy atom. The van der Waals surface area contributed by atoms with Gasteiger partial charge in [-0.15, -0.1) is 10.2 Å². The smallest absolute Gasteiger partial charge is 0.251 e. The summed E-state index contributed by atoms with van der Waals surface area (Å²) in [5, 5.41) is 19.1. The molecule has 10 heteroatoms. The lowest BCUT2D eigenvalue weighted by atomic mass is 10.1. The van der Waals surface area contributed by atoms with Crippen molar-refractivity contribution in [1.29, 1.82) is 0 Å². The summed E-state index contributed by atoms with van der Waals surface area (Å²) in [4.78, 5) is 24.6. The van der Waals surface area contributed by atoms with Crippen LogP contribution in [0, 0.1) is 19.7 Å². The maximum Gasteiger partial charge on any atom is 0.251 e. The van der Waals surface area contributed by atoms with Gasteiger partial charge in [-0.2, -0.15) is 9.61 Å². The highest BCUT2D eigenvalue weighted by Crippen LogP contribution is 2.18. The predicted molar refractivity (Wildman–Crippen MR) is 128 cm³/mol. The number of hydrogen-bond acceptors (Lipinski definition) is 6. The number of rotatable bonds is 8. The minimum Gasteiger partial charge on any atom is -0.352 e. The third-order valence-electron chi connectivity index (χ3n) is 4.90. The molecule has 8 nitrogen and oxygen atoms in total. The molecular weight excluding hydrogens is 455 g/mol. The number of anilines is 1. The zero-order valence-electron chi connectivity index (χ0n) is 18.7. The zero-order chi connectivity index (χ0) is 24.1. The van der Waals surface area contributed by atoms with Gasteiger partial charge in [-0.1, -0.05) is 17.8 Å². The first kappa shape index (κ1) is 23.4. The van der Waals surface area contributed by atoms with Crippen molar-refractivity contribution in [2.45, 2.75) is 25.3 Å². The highest BCUT2D eigenvalue weighted by molar-refractivity contribution is 7.99. The van der Waals surface area contributed by atoms with E-state index in [1.807, 2.05) is 26.0 Å². The molecule has 0 fully saturated rings. The maximum absolute atomic E-state index is 13.0. The Balaban J connectivity index is 1.33. The SMILES string of the molecule is Cc1cc(C)cc(NC(=O)CSc2ccc3nnc(CCNC(=O)c4ccc(F)cc4)n3n2)c1. The molecule has 4 aromatic rings. The van der Waals surface area contributed by atoms with Crippen molar-refractivity contribution < 1.29 is 14.0 Å². The molecule has 0 unspecified atom stereocenters. The lowest BCUT2D eigenvalue weighted by Crippen LogP contribution is -2.26. The molecule has 0 radical (unpaired) electrons. The van der Waals surface area contributed by atoms with Crippen molar-refractivity contribution in [2.24, 2.45) is 0 Å². The molecule has 0 aliphatic carbocycles. The summed E-state index contributed by atoms with van der Waals surface area (Å²) in [7, 11) is 0. The summed E-state index contributed by atoms with van der Waals surface area (Å²) in [6, 6.07) is 14.8. The second-order valence-electron chi connectivity index (χ2n) is 7.78. The van der Waals surface area contributed by atoms with Gasteiger partial charge in [0.1, 0.15) is 10.8 Å². The number of aryl methyl sites for hydroxylation is 2. The van der Waals surface area contributed by atoms with Gasteiger partial charge in [0, 0.05) is 24.2 Å². The maximum atomic E-state index is 13.0. The zero-order valence-corrected chi connectivity index (χ0v) is 19.5. The van der Waals surface area contributed by atoms with E-state index in [4.69, 9.17) is 0 Å². The Morgan fingerprint density at radius 1 is 1.00 bits per heavy atom. The van der Waals surface area contributed by atoms with Crippen LogP contribution >= 0.6 is 11.8 Å². The molecule has 0 aliphatic heterocycles. The molecule has 0 bridgehead atoms. The molecule has 0 saturated carbocycles. The van der Waals surface area contributed by atoms with Crippen LogP contribution in [-0.2, 0) is 11.2 Å². The number of carbonyl (C=O) groups excluding carboxylic acids is 2. The van der Waals surface area contributed by atoms with Crippen LogP contribution in [0.1, 0.15) is 27.3 Å². The number of nitrogens with one attached hydrogen (secondary N) is 2. The third kappa shape index (κ3) is 5.96. The Bertz CT molecular complexity index is 1320. The molecule has 2 aromatic carbocycles. The first-order chi connectivity index (χ1) is 16.4. The molecule has 2 aromatic heterocycles. The highest BCUT2D eigenvalue weighted by atomic mass is 32.2. The van der Waals surface area contributed by atoms with E-state index < -0.39 is 5.82 Å². The number of benzene rings is 2. The topological polar surface area (TPSA) is 101 Å². The molecule has 2 heterocycles. The van der Waals surface area contributed by atoms with E-state index in [2.05, 4.69) is 32.0 Å². The van der Waals surface area contributed by atoms with Gasteiger partial charge in [-0.25, -0.2) is 4.39 Å². The first-order valence-electron chi connectivity index (χ1n) is 10.6. The van der Waals surface area contributed by atoms with Crippen LogP contribution in [0.2, 0.25) is 0 Å². The van der Waals surface area contributed by atoms with Crippen LogP contribution < -0.4 is 10.6 Å². The Labute approximate surface area is 200 Å². The van der Waals surface area contributed by atoms with E-state index >= 15 is 0 Å². The average molecular weight is 479 g/mol. The van der Waals surface area contributed by atoms with Crippen molar-refractivity contribution in [3.05, 3.63) is 82.9 Å². The summed E-state index contributed by atoms with van der Waals surface area (Å²) >= 11 is 1.31. The largest absolute Gasteiger partial charge is 0.352 e. The minimum atomic E-state index is -0.394. The second-order valence-corrected chi connectivity index (χ2v) is 8.78. The van der Waals surface area contributed by atoms with Gasteiger partial charge in [0.2, 0.25) is 5.91 Å². The van der Waals surface area contributed by atoms with Gasteiger partial charge in [-0.3, -0.25) is 9.59 Å². The molecule has 0 aliphatic rings. The molecule has 2 amide bonds. The van der Waals surface area contributed by atoms with Gasteiger partial charge in [0.25, 0.3) is 5.91 Å². The van der Waals surface area contributed by atoms with Crippen LogP contribution in [-0.4, -0.2) is 43.9 Å². The van der Waals surface area contributed by atoms with E-state index in [1.165, 1.54) is 36.0 Å². The second kappa shape index (κ2) is 10.4. The fourth-order valence-electron chi connectivity index (χ4n) is 3.42. The number of halogens is 1. The summed E-state index contributed by atoms with van der Waals surface area (Å²) in [6.45, 7) is 4.29. The van der Waals surface area contributed by atoms with Crippen LogP contribution in [0.4, 0.5) is 10.1 Å². The fraction of sp³-hybridized carbons (Fsp3) is 0.208. The lowest BCUT2D eigenvalue weighted by molar-refractivity contribution is -0.113. The first-order valence-corrected chi connectivity index (χ1v) is 11.6. The van der Waals surface area contributed by atoms with Crippen LogP contribution in [0.5, 0.6) is 0 Å². The molecule has 2 N–H and O–H groups in total. The minimum absolute atomic E-state index is 0.121. The average Bonchev–Trinajstić information content (AvgIpc) is 3.19. The molecular formula is C24H23FN6O2S. The van der Waals surface area contributed by atoms with Gasteiger partial charge in [0.05, 0.1) is 5.75 Å². The molecule has 34 heavy (non-hydrogen) atoms. The number of carbonyl (C=O) groups is 2. The normalized spacial score (nSPS) is 10.9. The number of thioether (sulfide) groups is 1. The third-order valence-corrected chi connectivity index (χ3v) is 5.82. The number of hydrogen-bond donors (Lipinski definition) is 2.